The SMILES string of the molecule is CC(OON)c1cccc(Br)c1. The quantitative estimate of drug-likeness (QED) is 0.642. The highest BCUT2D eigenvalue weighted by atomic mass is 79.9. The molecular weight excluding hydrogens is 222 g/mol. The highest BCUT2D eigenvalue weighted by Gasteiger charge is 2.05. The number of rotatable bonds is 3. The van der Waals surface area contributed by atoms with Gasteiger partial charge in [-0.15, -0.1) is 4.99 Å². The highest BCUT2D eigenvalue weighted by Crippen LogP contribution is 2.20. The molecule has 1 atom stereocenters. The molecule has 0 fully saturated rings. The molecule has 0 amide bonds. The summed E-state index contributed by atoms with van der Waals surface area (Å²) in [6.07, 6.45) is -0.160. The average Bonchev–Trinajstić information content (AvgIpc) is 2.05. The second-order valence-corrected chi connectivity index (χ2v) is 3.31. The van der Waals surface area contributed by atoms with Crippen LogP contribution in [0.3, 0.4) is 0 Å². The monoisotopic (exact) mass is 231 g/mol. The Morgan fingerprint density at radius 2 is 2.25 bits per heavy atom. The summed E-state index contributed by atoms with van der Waals surface area (Å²) in [6, 6.07) is 7.76. The van der Waals surface area contributed by atoms with Crippen LogP contribution in [-0.2, 0) is 9.88 Å². The van der Waals surface area contributed by atoms with E-state index in [9.17, 15) is 0 Å². The molecule has 0 saturated heterocycles. The van der Waals surface area contributed by atoms with Gasteiger partial charge in [-0.3, -0.25) is 0 Å². The van der Waals surface area contributed by atoms with Crippen LogP contribution in [0.2, 0.25) is 0 Å². The fraction of sp³-hybridized carbons (Fsp3) is 0.250. The van der Waals surface area contributed by atoms with Gasteiger partial charge in [-0.05, 0) is 24.6 Å². The summed E-state index contributed by atoms with van der Waals surface area (Å²) in [4.78, 5) is 8.82. The maximum Gasteiger partial charge on any atom is 0.117 e. The fourth-order valence-electron chi connectivity index (χ4n) is 0.898. The van der Waals surface area contributed by atoms with E-state index in [1.54, 1.807) is 0 Å². The molecule has 0 bridgehead atoms. The lowest BCUT2D eigenvalue weighted by atomic mass is 10.1. The Labute approximate surface area is 79.5 Å². The van der Waals surface area contributed by atoms with Crippen molar-refractivity contribution in [2.24, 2.45) is 5.90 Å². The van der Waals surface area contributed by atoms with Crippen LogP contribution in [0, 0.1) is 0 Å². The van der Waals surface area contributed by atoms with Gasteiger partial charge in [-0.2, -0.15) is 5.90 Å². The van der Waals surface area contributed by atoms with Crippen molar-refractivity contribution in [3.8, 4) is 0 Å². The largest absolute Gasteiger partial charge is 0.210 e. The molecule has 1 aromatic carbocycles. The molecule has 4 heteroatoms. The van der Waals surface area contributed by atoms with Crippen LogP contribution in [-0.4, -0.2) is 0 Å². The van der Waals surface area contributed by atoms with E-state index in [4.69, 9.17) is 10.8 Å². The number of benzene rings is 1. The van der Waals surface area contributed by atoms with E-state index in [0.29, 0.717) is 0 Å². The zero-order valence-electron chi connectivity index (χ0n) is 6.66. The van der Waals surface area contributed by atoms with Crippen LogP contribution in [0.25, 0.3) is 0 Å². The molecule has 0 aliphatic rings. The van der Waals surface area contributed by atoms with Gasteiger partial charge in [0.05, 0.1) is 0 Å². The first kappa shape index (κ1) is 9.67. The van der Waals surface area contributed by atoms with E-state index in [-0.39, 0.29) is 6.10 Å². The van der Waals surface area contributed by atoms with Crippen molar-refractivity contribution in [2.45, 2.75) is 13.0 Å². The summed E-state index contributed by atoms with van der Waals surface area (Å²) in [6.45, 7) is 1.86. The van der Waals surface area contributed by atoms with Gasteiger partial charge >= 0.3 is 0 Å². The van der Waals surface area contributed by atoms with Gasteiger partial charge in [-0.1, -0.05) is 28.1 Å². The van der Waals surface area contributed by atoms with Crippen molar-refractivity contribution in [1.82, 2.24) is 0 Å². The number of hydrogen-bond donors (Lipinski definition) is 1. The lowest BCUT2D eigenvalue weighted by molar-refractivity contribution is -0.328. The van der Waals surface area contributed by atoms with E-state index in [1.807, 2.05) is 31.2 Å². The van der Waals surface area contributed by atoms with E-state index in [0.717, 1.165) is 10.0 Å². The van der Waals surface area contributed by atoms with E-state index in [2.05, 4.69) is 20.9 Å². The maximum atomic E-state index is 4.77. The minimum atomic E-state index is -0.160. The normalized spacial score (nSPS) is 12.9. The van der Waals surface area contributed by atoms with E-state index in [1.165, 1.54) is 0 Å². The van der Waals surface area contributed by atoms with Gasteiger partial charge in [0.2, 0.25) is 0 Å². The summed E-state index contributed by atoms with van der Waals surface area (Å²) < 4.78 is 1.01. The first-order valence-electron chi connectivity index (χ1n) is 3.51. The Bertz CT molecular complexity index is 255. The topological polar surface area (TPSA) is 44.5 Å². The highest BCUT2D eigenvalue weighted by molar-refractivity contribution is 9.10. The van der Waals surface area contributed by atoms with Crippen LogP contribution < -0.4 is 5.90 Å². The molecule has 0 aliphatic carbocycles. The van der Waals surface area contributed by atoms with Crippen LogP contribution in [0.4, 0.5) is 0 Å². The lowest BCUT2D eigenvalue weighted by Gasteiger charge is -2.09. The number of nitrogens with two attached hydrogens (primary N) is 1. The molecule has 66 valence electrons. The molecule has 1 aromatic rings. The van der Waals surface area contributed by atoms with Crippen molar-refractivity contribution < 1.29 is 9.88 Å². The fourth-order valence-corrected chi connectivity index (χ4v) is 1.32. The van der Waals surface area contributed by atoms with Gasteiger partial charge in [0.15, 0.2) is 0 Å². The van der Waals surface area contributed by atoms with Crippen molar-refractivity contribution in [3.63, 3.8) is 0 Å². The summed E-state index contributed by atoms with van der Waals surface area (Å²) in [5, 5.41) is 0. The lowest BCUT2D eigenvalue weighted by Crippen LogP contribution is -2.05. The van der Waals surface area contributed by atoms with Crippen molar-refractivity contribution >= 4 is 15.9 Å². The molecule has 1 unspecified atom stereocenters. The van der Waals surface area contributed by atoms with Crippen LogP contribution >= 0.6 is 15.9 Å². The van der Waals surface area contributed by atoms with E-state index < -0.39 is 0 Å². The van der Waals surface area contributed by atoms with Crippen LogP contribution in [0.1, 0.15) is 18.6 Å². The standard InChI is InChI=1S/C8H10BrNO2/c1-6(11-12-10)7-3-2-4-8(9)5-7/h2-6H,10H2,1H3. The molecule has 3 nitrogen and oxygen atoms in total. The smallest absolute Gasteiger partial charge is 0.117 e. The van der Waals surface area contributed by atoms with Crippen molar-refractivity contribution in [1.29, 1.82) is 0 Å². The average molecular weight is 232 g/mol. The molecule has 0 heterocycles. The molecule has 0 saturated carbocycles. The van der Waals surface area contributed by atoms with Gasteiger partial charge in [0.25, 0.3) is 0 Å². The molecule has 2 N–H and O–H groups in total. The predicted molar refractivity (Wildman–Crippen MR) is 48.9 cm³/mol. The number of hydrogen-bond acceptors (Lipinski definition) is 3. The second kappa shape index (κ2) is 4.57. The first-order chi connectivity index (χ1) is 5.74. The molecule has 1 rings (SSSR count). The van der Waals surface area contributed by atoms with Gasteiger partial charge in [0.1, 0.15) is 6.10 Å². The van der Waals surface area contributed by atoms with Crippen LogP contribution in [0.5, 0.6) is 0 Å². The molecule has 0 aromatic heterocycles. The zero-order valence-corrected chi connectivity index (χ0v) is 8.24. The first-order valence-corrected chi connectivity index (χ1v) is 4.31. The minimum absolute atomic E-state index is 0.160. The third-order valence-electron chi connectivity index (χ3n) is 1.52. The third kappa shape index (κ3) is 2.57. The Hall–Kier alpha value is -0.420. The van der Waals surface area contributed by atoms with Crippen molar-refractivity contribution in [2.75, 3.05) is 0 Å². The third-order valence-corrected chi connectivity index (χ3v) is 2.01. The predicted octanol–water partition coefficient (Wildman–Crippen LogP) is 2.33. The van der Waals surface area contributed by atoms with Gasteiger partial charge in [-0.25, -0.2) is 4.89 Å². The van der Waals surface area contributed by atoms with Gasteiger partial charge < -0.3 is 0 Å². The van der Waals surface area contributed by atoms with Gasteiger partial charge in [0, 0.05) is 4.47 Å². The van der Waals surface area contributed by atoms with Crippen molar-refractivity contribution in [3.05, 3.63) is 34.3 Å². The Balaban J connectivity index is 2.73. The molecular formula is C8H10BrNO2. The Morgan fingerprint density at radius 3 is 2.83 bits per heavy atom. The number of halogens is 1. The summed E-state index contributed by atoms with van der Waals surface area (Å²) in [5.41, 5.74) is 1.01. The van der Waals surface area contributed by atoms with Crippen LogP contribution in [0.15, 0.2) is 28.7 Å². The summed E-state index contributed by atoms with van der Waals surface area (Å²) in [7, 11) is 0. The van der Waals surface area contributed by atoms with E-state index >= 15 is 0 Å². The molecule has 0 aliphatic heterocycles. The Kier molecular flexibility index (Phi) is 3.68. The summed E-state index contributed by atoms with van der Waals surface area (Å²) >= 11 is 3.35. The minimum Gasteiger partial charge on any atom is -0.210 e. The zero-order chi connectivity index (χ0) is 8.97. The summed E-state index contributed by atoms with van der Waals surface area (Å²) in [5.74, 6) is 4.77. The second-order valence-electron chi connectivity index (χ2n) is 2.39. The molecule has 0 spiro atoms. The molecule has 12 heavy (non-hydrogen) atoms. The molecule has 0 radical (unpaired) electrons. The maximum absolute atomic E-state index is 4.77. The Morgan fingerprint density at radius 1 is 1.50 bits per heavy atom.